The Labute approximate surface area is 120 Å². The minimum absolute atomic E-state index is 0.199. The maximum Gasteiger partial charge on any atom is 0.321 e. The van der Waals surface area contributed by atoms with Gasteiger partial charge in [0.2, 0.25) is 11.8 Å². The van der Waals surface area contributed by atoms with E-state index in [9.17, 15) is 14.4 Å². The highest BCUT2D eigenvalue weighted by Crippen LogP contribution is 1.99. The van der Waals surface area contributed by atoms with Crippen molar-refractivity contribution >= 4 is 17.8 Å². The number of rotatable bonds is 5. The maximum absolute atomic E-state index is 11.9. The standard InChI is InChI=1S/C13H26N4O3/c1-7-14-12(20)16-10(18)8(2)15-9(3)11(19)17-13(4,5)6/h8-9,15H,7H2,1-6H3,(H,17,19)(H2,14,16,18,20). The van der Waals surface area contributed by atoms with E-state index in [1.165, 1.54) is 0 Å². The first-order chi connectivity index (χ1) is 9.06. The van der Waals surface area contributed by atoms with Crippen LogP contribution in [0.25, 0.3) is 0 Å². The first kappa shape index (κ1) is 18.4. The molecule has 0 heterocycles. The normalized spacial score (nSPS) is 14.1. The van der Waals surface area contributed by atoms with Crippen LogP contribution >= 0.6 is 0 Å². The van der Waals surface area contributed by atoms with Crippen molar-refractivity contribution in [2.75, 3.05) is 6.54 Å². The van der Waals surface area contributed by atoms with E-state index < -0.39 is 24.0 Å². The topological polar surface area (TPSA) is 99.3 Å². The van der Waals surface area contributed by atoms with Crippen LogP contribution in [-0.4, -0.2) is 42.0 Å². The van der Waals surface area contributed by atoms with Crippen LogP contribution < -0.4 is 21.3 Å². The van der Waals surface area contributed by atoms with Crippen molar-refractivity contribution in [3.05, 3.63) is 0 Å². The summed E-state index contributed by atoms with van der Waals surface area (Å²) < 4.78 is 0. The number of urea groups is 1. The summed E-state index contributed by atoms with van der Waals surface area (Å²) in [5.74, 6) is -0.679. The van der Waals surface area contributed by atoms with E-state index in [1.807, 2.05) is 20.8 Å². The molecule has 0 bridgehead atoms. The van der Waals surface area contributed by atoms with Crippen LogP contribution in [0, 0.1) is 0 Å². The van der Waals surface area contributed by atoms with Crippen molar-refractivity contribution in [3.8, 4) is 0 Å². The summed E-state index contributed by atoms with van der Waals surface area (Å²) in [4.78, 5) is 34.8. The number of nitrogens with one attached hydrogen (secondary N) is 4. The molecule has 0 spiro atoms. The van der Waals surface area contributed by atoms with E-state index in [0.29, 0.717) is 6.54 Å². The van der Waals surface area contributed by atoms with Crippen LogP contribution in [0.4, 0.5) is 4.79 Å². The van der Waals surface area contributed by atoms with E-state index in [-0.39, 0.29) is 11.4 Å². The zero-order valence-corrected chi connectivity index (χ0v) is 13.1. The van der Waals surface area contributed by atoms with Crippen LogP contribution in [0.5, 0.6) is 0 Å². The highest BCUT2D eigenvalue weighted by molar-refractivity contribution is 5.97. The summed E-state index contributed by atoms with van der Waals surface area (Å²) >= 11 is 0. The molecule has 0 radical (unpaired) electrons. The van der Waals surface area contributed by atoms with Crippen molar-refractivity contribution in [2.45, 2.75) is 59.2 Å². The highest BCUT2D eigenvalue weighted by atomic mass is 16.2. The van der Waals surface area contributed by atoms with Gasteiger partial charge in [0.15, 0.2) is 0 Å². The van der Waals surface area contributed by atoms with Gasteiger partial charge in [-0.3, -0.25) is 20.2 Å². The molecule has 0 aliphatic carbocycles. The van der Waals surface area contributed by atoms with Gasteiger partial charge in [0.05, 0.1) is 12.1 Å². The molecule has 2 unspecified atom stereocenters. The Bertz CT molecular complexity index is 363. The van der Waals surface area contributed by atoms with Gasteiger partial charge in [-0.25, -0.2) is 4.79 Å². The molecular formula is C13H26N4O3. The number of hydrogen-bond acceptors (Lipinski definition) is 4. The average Bonchev–Trinajstić information content (AvgIpc) is 2.26. The van der Waals surface area contributed by atoms with Gasteiger partial charge in [0.1, 0.15) is 0 Å². The first-order valence-corrected chi connectivity index (χ1v) is 6.73. The SMILES string of the molecule is CCNC(=O)NC(=O)C(C)NC(C)C(=O)NC(C)(C)C. The summed E-state index contributed by atoms with van der Waals surface area (Å²) in [5.41, 5.74) is -0.334. The molecule has 0 aliphatic heterocycles. The van der Waals surface area contributed by atoms with Gasteiger partial charge >= 0.3 is 6.03 Å². The smallest absolute Gasteiger partial charge is 0.321 e. The molecule has 0 rings (SSSR count). The van der Waals surface area contributed by atoms with Gasteiger partial charge in [-0.1, -0.05) is 0 Å². The zero-order chi connectivity index (χ0) is 15.9. The summed E-state index contributed by atoms with van der Waals surface area (Å²) in [6, 6.07) is -1.74. The molecule has 4 N–H and O–H groups in total. The van der Waals surface area contributed by atoms with E-state index in [2.05, 4.69) is 21.3 Å². The molecule has 0 aromatic rings. The van der Waals surface area contributed by atoms with Crippen molar-refractivity contribution in [2.24, 2.45) is 0 Å². The lowest BCUT2D eigenvalue weighted by molar-refractivity contribution is -0.125. The Balaban J connectivity index is 4.31. The minimum Gasteiger partial charge on any atom is -0.350 e. The van der Waals surface area contributed by atoms with Gasteiger partial charge in [-0.2, -0.15) is 0 Å². The third-order valence-corrected chi connectivity index (χ3v) is 2.36. The van der Waals surface area contributed by atoms with E-state index in [0.717, 1.165) is 0 Å². The number of hydrogen-bond donors (Lipinski definition) is 4. The largest absolute Gasteiger partial charge is 0.350 e. The lowest BCUT2D eigenvalue weighted by Crippen LogP contribution is -2.55. The fourth-order valence-electron chi connectivity index (χ4n) is 1.43. The first-order valence-electron chi connectivity index (χ1n) is 6.73. The van der Waals surface area contributed by atoms with Gasteiger partial charge in [0.25, 0.3) is 0 Å². The van der Waals surface area contributed by atoms with E-state index in [1.54, 1.807) is 20.8 Å². The minimum atomic E-state index is -0.654. The second-order valence-electron chi connectivity index (χ2n) is 5.70. The van der Waals surface area contributed by atoms with Gasteiger partial charge in [0, 0.05) is 12.1 Å². The Hall–Kier alpha value is -1.63. The van der Waals surface area contributed by atoms with Crippen LogP contribution in [0.1, 0.15) is 41.5 Å². The third-order valence-electron chi connectivity index (χ3n) is 2.36. The Morgan fingerprint density at radius 1 is 1.00 bits per heavy atom. The van der Waals surface area contributed by atoms with Crippen LogP contribution in [0.2, 0.25) is 0 Å². The van der Waals surface area contributed by atoms with Crippen LogP contribution in [-0.2, 0) is 9.59 Å². The number of imide groups is 1. The van der Waals surface area contributed by atoms with Gasteiger partial charge in [-0.05, 0) is 41.5 Å². The van der Waals surface area contributed by atoms with Gasteiger partial charge < -0.3 is 10.6 Å². The molecule has 116 valence electrons. The molecule has 20 heavy (non-hydrogen) atoms. The lowest BCUT2D eigenvalue weighted by atomic mass is 10.1. The lowest BCUT2D eigenvalue weighted by Gasteiger charge is -2.25. The molecule has 0 aromatic carbocycles. The monoisotopic (exact) mass is 286 g/mol. The van der Waals surface area contributed by atoms with E-state index in [4.69, 9.17) is 0 Å². The third kappa shape index (κ3) is 7.73. The second-order valence-corrected chi connectivity index (χ2v) is 5.70. The zero-order valence-electron chi connectivity index (χ0n) is 13.1. The second kappa shape index (κ2) is 7.84. The summed E-state index contributed by atoms with van der Waals surface area (Å²) in [6.07, 6.45) is 0. The summed E-state index contributed by atoms with van der Waals surface area (Å²) in [5, 5.41) is 10.3. The van der Waals surface area contributed by atoms with Crippen LogP contribution in [0.3, 0.4) is 0 Å². The molecule has 0 saturated heterocycles. The molecule has 7 heteroatoms. The molecule has 0 aliphatic rings. The Morgan fingerprint density at radius 3 is 1.95 bits per heavy atom. The fourth-order valence-corrected chi connectivity index (χ4v) is 1.43. The van der Waals surface area contributed by atoms with Crippen molar-refractivity contribution in [1.29, 1.82) is 0 Å². The molecular weight excluding hydrogens is 260 g/mol. The molecule has 4 amide bonds. The molecule has 2 atom stereocenters. The number of carbonyl (C=O) groups is 3. The average molecular weight is 286 g/mol. The van der Waals surface area contributed by atoms with Gasteiger partial charge in [-0.15, -0.1) is 0 Å². The Kier molecular flexibility index (Phi) is 7.20. The van der Waals surface area contributed by atoms with Crippen molar-refractivity contribution in [3.63, 3.8) is 0 Å². The van der Waals surface area contributed by atoms with Crippen molar-refractivity contribution < 1.29 is 14.4 Å². The fraction of sp³-hybridized carbons (Fsp3) is 0.769. The highest BCUT2D eigenvalue weighted by Gasteiger charge is 2.23. The summed E-state index contributed by atoms with van der Waals surface area (Å²) in [7, 11) is 0. The predicted molar refractivity (Wildman–Crippen MR) is 77.2 cm³/mol. The molecule has 7 nitrogen and oxygen atoms in total. The van der Waals surface area contributed by atoms with E-state index >= 15 is 0 Å². The maximum atomic E-state index is 11.9. The quantitative estimate of drug-likeness (QED) is 0.576. The number of amides is 4. The molecule has 0 saturated carbocycles. The predicted octanol–water partition coefficient (Wildman–Crippen LogP) is 0.113. The van der Waals surface area contributed by atoms with Crippen LogP contribution in [0.15, 0.2) is 0 Å². The van der Waals surface area contributed by atoms with Crippen molar-refractivity contribution in [1.82, 2.24) is 21.3 Å². The molecule has 0 fully saturated rings. The molecule has 0 aromatic heterocycles. The number of carbonyl (C=O) groups excluding carboxylic acids is 3. The summed E-state index contributed by atoms with van der Waals surface area (Å²) in [6.45, 7) is 11.1. The Morgan fingerprint density at radius 2 is 1.50 bits per heavy atom.